The van der Waals surface area contributed by atoms with Crippen LogP contribution >= 0.6 is 11.6 Å². The molecule has 0 amide bonds. The third-order valence-electron chi connectivity index (χ3n) is 2.09. The van der Waals surface area contributed by atoms with Gasteiger partial charge in [-0.1, -0.05) is 38.4 Å². The summed E-state index contributed by atoms with van der Waals surface area (Å²) in [6, 6.07) is 3.81. The molecule has 2 nitrogen and oxygen atoms in total. The molecule has 1 rings (SSSR count). The smallest absolute Gasteiger partial charge is 0.134 e. The second-order valence-electron chi connectivity index (χ2n) is 4.82. The van der Waals surface area contributed by atoms with Gasteiger partial charge in [0.2, 0.25) is 0 Å². The summed E-state index contributed by atoms with van der Waals surface area (Å²) in [5.41, 5.74) is 1.27. The minimum atomic E-state index is 0.318. The molecule has 0 aliphatic rings. The number of nitrogens with zero attached hydrogens (tertiary/aromatic N) is 1. The number of pyridine rings is 1. The van der Waals surface area contributed by atoms with E-state index in [1.165, 1.54) is 0 Å². The first-order valence-corrected chi connectivity index (χ1v) is 5.54. The number of aromatic nitrogens is 1. The molecular weight excluding hydrogens is 210 g/mol. The molecule has 0 fully saturated rings. The number of ether oxygens (including phenoxy) is 1. The van der Waals surface area contributed by atoms with Gasteiger partial charge in [-0.05, 0) is 17.9 Å². The summed E-state index contributed by atoms with van der Waals surface area (Å²) in [5, 5.41) is 0.535. The van der Waals surface area contributed by atoms with Crippen molar-refractivity contribution in [2.24, 2.45) is 5.41 Å². The molecule has 0 bridgehead atoms. The van der Waals surface area contributed by atoms with E-state index in [2.05, 4.69) is 25.8 Å². The Morgan fingerprint density at radius 3 is 2.73 bits per heavy atom. The minimum absolute atomic E-state index is 0.318. The van der Waals surface area contributed by atoms with E-state index < -0.39 is 0 Å². The molecule has 0 aliphatic carbocycles. The predicted octanol–water partition coefficient (Wildman–Crippen LogP) is 3.69. The lowest BCUT2D eigenvalue weighted by atomic mass is 9.93. The topological polar surface area (TPSA) is 22.1 Å². The highest BCUT2D eigenvalue weighted by atomic mass is 35.5. The zero-order valence-corrected chi connectivity index (χ0v) is 10.3. The van der Waals surface area contributed by atoms with Crippen LogP contribution in [0, 0.1) is 5.41 Å². The van der Waals surface area contributed by atoms with Crippen LogP contribution in [0.25, 0.3) is 0 Å². The molecule has 0 aliphatic heterocycles. The Morgan fingerprint density at radius 2 is 2.13 bits per heavy atom. The lowest BCUT2D eigenvalue weighted by Crippen LogP contribution is -2.09. The zero-order valence-electron chi connectivity index (χ0n) is 9.59. The average Bonchev–Trinajstić information content (AvgIpc) is 2.13. The maximum absolute atomic E-state index is 5.90. The monoisotopic (exact) mass is 227 g/mol. The third-order valence-corrected chi connectivity index (χ3v) is 2.43. The number of halogens is 1. The molecule has 0 saturated heterocycles. The van der Waals surface area contributed by atoms with Gasteiger partial charge in [-0.2, -0.15) is 0 Å². The lowest BCUT2D eigenvalue weighted by molar-refractivity contribution is 0.0961. The van der Waals surface area contributed by atoms with Gasteiger partial charge in [-0.25, -0.2) is 4.98 Å². The van der Waals surface area contributed by atoms with Gasteiger partial charge < -0.3 is 4.74 Å². The first-order chi connectivity index (χ1) is 6.99. The second kappa shape index (κ2) is 5.47. The van der Waals surface area contributed by atoms with E-state index >= 15 is 0 Å². The summed E-state index contributed by atoms with van der Waals surface area (Å²) in [5.74, 6) is 0. The summed E-state index contributed by atoms with van der Waals surface area (Å²) >= 11 is 5.90. The molecule has 0 saturated carbocycles. The Kier molecular flexibility index (Phi) is 4.55. The Hall–Kier alpha value is -0.600. The standard InChI is InChI=1S/C12H18ClNO/c1-12(2,3)6-8-15-9-10-5-4-7-14-11(10)13/h4-5,7H,6,8-9H2,1-3H3. The van der Waals surface area contributed by atoms with Gasteiger partial charge >= 0.3 is 0 Å². The first kappa shape index (κ1) is 12.5. The van der Waals surface area contributed by atoms with Crippen LogP contribution < -0.4 is 0 Å². The molecule has 15 heavy (non-hydrogen) atoms. The zero-order chi connectivity index (χ0) is 11.3. The predicted molar refractivity (Wildman–Crippen MR) is 63.0 cm³/mol. The van der Waals surface area contributed by atoms with E-state index in [1.807, 2.05) is 12.1 Å². The van der Waals surface area contributed by atoms with E-state index in [-0.39, 0.29) is 0 Å². The van der Waals surface area contributed by atoms with Crippen LogP contribution in [0.4, 0.5) is 0 Å². The molecule has 0 atom stereocenters. The third kappa shape index (κ3) is 5.14. The van der Waals surface area contributed by atoms with Gasteiger partial charge in [0.15, 0.2) is 0 Å². The second-order valence-corrected chi connectivity index (χ2v) is 5.17. The fraction of sp³-hybridized carbons (Fsp3) is 0.583. The molecule has 84 valence electrons. The summed E-state index contributed by atoms with van der Waals surface area (Å²) in [7, 11) is 0. The molecule has 3 heteroatoms. The highest BCUT2D eigenvalue weighted by Crippen LogP contribution is 2.19. The van der Waals surface area contributed by atoms with Crippen molar-refractivity contribution in [3.8, 4) is 0 Å². The molecule has 0 spiro atoms. The first-order valence-electron chi connectivity index (χ1n) is 5.16. The van der Waals surface area contributed by atoms with E-state index in [0.29, 0.717) is 17.2 Å². The van der Waals surface area contributed by atoms with Crippen molar-refractivity contribution in [2.75, 3.05) is 6.61 Å². The molecule has 0 aromatic carbocycles. The van der Waals surface area contributed by atoms with Gasteiger partial charge in [0.25, 0.3) is 0 Å². The molecule has 1 aromatic rings. The van der Waals surface area contributed by atoms with Gasteiger partial charge in [0.05, 0.1) is 6.61 Å². The summed E-state index contributed by atoms with van der Waals surface area (Å²) in [6.07, 6.45) is 2.73. The van der Waals surface area contributed by atoms with Gasteiger partial charge in [-0.3, -0.25) is 0 Å². The maximum atomic E-state index is 5.90. The van der Waals surface area contributed by atoms with Crippen LogP contribution in [0.15, 0.2) is 18.3 Å². The minimum Gasteiger partial charge on any atom is -0.377 e. The van der Waals surface area contributed by atoms with Crippen LogP contribution in [-0.4, -0.2) is 11.6 Å². The SMILES string of the molecule is CC(C)(C)CCOCc1cccnc1Cl. The van der Waals surface area contributed by atoms with Gasteiger partial charge in [0, 0.05) is 18.4 Å². The van der Waals surface area contributed by atoms with Crippen molar-refractivity contribution >= 4 is 11.6 Å². The molecule has 1 aromatic heterocycles. The quantitative estimate of drug-likeness (QED) is 0.578. The normalized spacial score (nSPS) is 11.7. The molecule has 1 heterocycles. The van der Waals surface area contributed by atoms with Crippen molar-refractivity contribution in [2.45, 2.75) is 33.8 Å². The Morgan fingerprint density at radius 1 is 1.40 bits per heavy atom. The lowest BCUT2D eigenvalue weighted by Gasteiger charge is -2.17. The van der Waals surface area contributed by atoms with Crippen LogP contribution in [0.5, 0.6) is 0 Å². The number of hydrogen-bond acceptors (Lipinski definition) is 2. The molecular formula is C12H18ClNO. The Labute approximate surface area is 96.6 Å². The van der Waals surface area contributed by atoms with Crippen molar-refractivity contribution in [3.63, 3.8) is 0 Å². The molecule has 0 radical (unpaired) electrons. The Balaban J connectivity index is 2.30. The van der Waals surface area contributed by atoms with E-state index in [1.54, 1.807) is 6.20 Å². The van der Waals surface area contributed by atoms with Crippen molar-refractivity contribution in [1.82, 2.24) is 4.98 Å². The largest absolute Gasteiger partial charge is 0.377 e. The van der Waals surface area contributed by atoms with Gasteiger partial charge in [0.1, 0.15) is 5.15 Å². The van der Waals surface area contributed by atoms with Crippen LogP contribution in [-0.2, 0) is 11.3 Å². The molecule has 0 N–H and O–H groups in total. The fourth-order valence-electron chi connectivity index (χ4n) is 1.09. The van der Waals surface area contributed by atoms with Crippen LogP contribution in [0.1, 0.15) is 32.8 Å². The average molecular weight is 228 g/mol. The van der Waals surface area contributed by atoms with Gasteiger partial charge in [-0.15, -0.1) is 0 Å². The van der Waals surface area contributed by atoms with Crippen molar-refractivity contribution in [1.29, 1.82) is 0 Å². The highest BCUT2D eigenvalue weighted by molar-refractivity contribution is 6.30. The van der Waals surface area contributed by atoms with Crippen LogP contribution in [0.3, 0.4) is 0 Å². The highest BCUT2D eigenvalue weighted by Gasteiger charge is 2.09. The van der Waals surface area contributed by atoms with E-state index in [0.717, 1.165) is 18.6 Å². The summed E-state index contributed by atoms with van der Waals surface area (Å²) in [4.78, 5) is 3.99. The summed E-state index contributed by atoms with van der Waals surface area (Å²) in [6.45, 7) is 7.91. The van der Waals surface area contributed by atoms with E-state index in [9.17, 15) is 0 Å². The van der Waals surface area contributed by atoms with E-state index in [4.69, 9.17) is 16.3 Å². The van der Waals surface area contributed by atoms with Crippen LogP contribution in [0.2, 0.25) is 5.15 Å². The maximum Gasteiger partial charge on any atom is 0.134 e. The Bertz CT molecular complexity index is 307. The van der Waals surface area contributed by atoms with Crippen molar-refractivity contribution in [3.05, 3.63) is 29.0 Å². The number of rotatable bonds is 4. The summed E-state index contributed by atoms with van der Waals surface area (Å²) < 4.78 is 5.55. The van der Waals surface area contributed by atoms with Crippen molar-refractivity contribution < 1.29 is 4.74 Å². The number of hydrogen-bond donors (Lipinski definition) is 0. The molecule has 0 unspecified atom stereocenters. The fourth-order valence-corrected chi connectivity index (χ4v) is 1.26.